The molecular weight excluding hydrogens is 416 g/mol. The van der Waals surface area contributed by atoms with E-state index in [4.69, 9.17) is 9.47 Å². The molecule has 1 amide bonds. The van der Waals surface area contributed by atoms with Crippen LogP contribution in [0.1, 0.15) is 22.5 Å². The molecule has 2 aromatic carbocycles. The van der Waals surface area contributed by atoms with Crippen LogP contribution in [0.15, 0.2) is 60.7 Å². The third kappa shape index (κ3) is 7.31. The molecule has 0 saturated heterocycles. The largest absolute Gasteiger partial charge is 0.497 e. The number of aromatic nitrogens is 2. The van der Waals surface area contributed by atoms with Crippen molar-refractivity contribution in [1.29, 1.82) is 0 Å². The molecule has 0 fully saturated rings. The molecule has 0 aliphatic rings. The molecule has 0 aliphatic heterocycles. The number of rotatable bonds is 10. The average Bonchev–Trinajstić information content (AvgIpc) is 3.15. The number of ether oxygens (including phenoxy) is 2. The van der Waals surface area contributed by atoms with Gasteiger partial charge in [-0.25, -0.2) is 0 Å². The van der Waals surface area contributed by atoms with Gasteiger partial charge in [-0.1, -0.05) is 30.3 Å². The van der Waals surface area contributed by atoms with Crippen LogP contribution in [-0.4, -0.2) is 54.9 Å². The second kappa shape index (κ2) is 12.0. The number of carbonyl (C=O) groups excluding carboxylic acids is 1. The lowest BCUT2D eigenvalue weighted by molar-refractivity contribution is 0.101. The van der Waals surface area contributed by atoms with Gasteiger partial charge in [-0.2, -0.15) is 0 Å². The quantitative estimate of drug-likeness (QED) is 0.479. The lowest BCUT2D eigenvalue weighted by atomic mass is 10.2. The highest BCUT2D eigenvalue weighted by molar-refractivity contribution is 6.03. The second-order valence-corrected chi connectivity index (χ2v) is 7.20. The number of hydrogen-bond acceptors (Lipinski definition) is 5. The van der Waals surface area contributed by atoms with Crippen LogP contribution in [0, 0.1) is 0 Å². The van der Waals surface area contributed by atoms with E-state index in [2.05, 4.69) is 15.3 Å². The van der Waals surface area contributed by atoms with Crippen LogP contribution in [0.2, 0.25) is 0 Å². The molecule has 0 spiro atoms. The average molecular weight is 445 g/mol. The molecule has 3 aromatic rings. The summed E-state index contributed by atoms with van der Waals surface area (Å²) in [6.45, 7) is 1.95. The standard InChI is InChI=1S/C23H28N4O3.ClH/c1-26(2)14-7-15-30-22-16-21(27(25-22)17-18-8-5-4-6-9-18)23(28)24-19-10-12-20(29-3)13-11-19;/h4-6,8-13,16H,7,14-15,17H2,1-3H3,(H,24,28);1H. The van der Waals surface area contributed by atoms with Crippen molar-refractivity contribution in [3.63, 3.8) is 0 Å². The summed E-state index contributed by atoms with van der Waals surface area (Å²) in [7, 11) is 5.65. The van der Waals surface area contributed by atoms with Crippen LogP contribution in [0.5, 0.6) is 11.6 Å². The van der Waals surface area contributed by atoms with E-state index >= 15 is 0 Å². The number of hydrogen-bond donors (Lipinski definition) is 1. The zero-order valence-corrected chi connectivity index (χ0v) is 18.9. The molecule has 31 heavy (non-hydrogen) atoms. The molecule has 0 unspecified atom stereocenters. The fraction of sp³-hybridized carbons (Fsp3) is 0.304. The van der Waals surface area contributed by atoms with E-state index in [1.165, 1.54) is 0 Å². The molecule has 3 rings (SSSR count). The van der Waals surface area contributed by atoms with E-state index in [0.29, 0.717) is 30.4 Å². The van der Waals surface area contributed by atoms with E-state index in [0.717, 1.165) is 24.3 Å². The van der Waals surface area contributed by atoms with Crippen molar-refractivity contribution >= 4 is 24.0 Å². The highest BCUT2D eigenvalue weighted by atomic mass is 35.5. The van der Waals surface area contributed by atoms with Gasteiger partial charge in [-0.15, -0.1) is 17.5 Å². The van der Waals surface area contributed by atoms with Gasteiger partial charge >= 0.3 is 0 Å². The number of anilines is 1. The van der Waals surface area contributed by atoms with Crippen LogP contribution in [-0.2, 0) is 6.54 Å². The topological polar surface area (TPSA) is 68.6 Å². The normalized spacial score (nSPS) is 10.5. The van der Waals surface area contributed by atoms with E-state index in [9.17, 15) is 4.79 Å². The molecule has 7 nitrogen and oxygen atoms in total. The molecule has 1 heterocycles. The molecular formula is C23H29ClN4O3. The van der Waals surface area contributed by atoms with Gasteiger partial charge in [0.05, 0.1) is 20.3 Å². The SMILES string of the molecule is COc1ccc(NC(=O)c2cc(OCCCN(C)C)nn2Cc2ccccc2)cc1.Cl. The number of methoxy groups -OCH3 is 1. The summed E-state index contributed by atoms with van der Waals surface area (Å²) in [6.07, 6.45) is 0.881. The first-order valence-electron chi connectivity index (χ1n) is 9.90. The second-order valence-electron chi connectivity index (χ2n) is 7.20. The Morgan fingerprint density at radius 3 is 2.45 bits per heavy atom. The van der Waals surface area contributed by atoms with E-state index in [1.807, 2.05) is 44.4 Å². The summed E-state index contributed by atoms with van der Waals surface area (Å²) in [4.78, 5) is 15.0. The molecule has 1 N–H and O–H groups in total. The minimum Gasteiger partial charge on any atom is -0.497 e. The van der Waals surface area contributed by atoms with Gasteiger partial charge in [0.2, 0.25) is 5.88 Å². The minimum atomic E-state index is -0.244. The van der Waals surface area contributed by atoms with Gasteiger partial charge in [0.1, 0.15) is 11.4 Å². The van der Waals surface area contributed by atoms with Crippen molar-refractivity contribution in [2.45, 2.75) is 13.0 Å². The van der Waals surface area contributed by atoms with Crippen LogP contribution in [0.3, 0.4) is 0 Å². The van der Waals surface area contributed by atoms with Crippen molar-refractivity contribution in [2.24, 2.45) is 0 Å². The summed E-state index contributed by atoms with van der Waals surface area (Å²) >= 11 is 0. The number of nitrogens with one attached hydrogen (secondary N) is 1. The van der Waals surface area contributed by atoms with Crippen LogP contribution >= 0.6 is 12.4 Å². The fourth-order valence-corrected chi connectivity index (χ4v) is 2.95. The Labute approximate surface area is 189 Å². The molecule has 0 radical (unpaired) electrons. The molecule has 0 aliphatic carbocycles. The fourth-order valence-electron chi connectivity index (χ4n) is 2.95. The van der Waals surface area contributed by atoms with Gasteiger partial charge in [0.15, 0.2) is 0 Å². The Balaban J connectivity index is 0.00000341. The van der Waals surface area contributed by atoms with E-state index in [1.54, 1.807) is 42.1 Å². The predicted octanol–water partition coefficient (Wildman–Crippen LogP) is 3.94. The van der Waals surface area contributed by atoms with Gasteiger partial charge in [0, 0.05) is 18.3 Å². The number of carbonyl (C=O) groups is 1. The van der Waals surface area contributed by atoms with Crippen molar-refractivity contribution in [2.75, 3.05) is 39.7 Å². The first-order chi connectivity index (χ1) is 14.5. The van der Waals surface area contributed by atoms with Crippen molar-refractivity contribution in [3.8, 4) is 11.6 Å². The predicted molar refractivity (Wildman–Crippen MR) is 125 cm³/mol. The van der Waals surface area contributed by atoms with Crippen molar-refractivity contribution in [1.82, 2.24) is 14.7 Å². The molecule has 1 aromatic heterocycles. The summed E-state index contributed by atoms with van der Waals surface area (Å²) in [5.41, 5.74) is 2.18. The Morgan fingerprint density at radius 2 is 1.81 bits per heavy atom. The zero-order chi connectivity index (χ0) is 21.3. The monoisotopic (exact) mass is 444 g/mol. The summed E-state index contributed by atoms with van der Waals surface area (Å²) in [6, 6.07) is 18.8. The lowest BCUT2D eigenvalue weighted by Crippen LogP contribution is -2.18. The Morgan fingerprint density at radius 1 is 1.10 bits per heavy atom. The van der Waals surface area contributed by atoms with Gasteiger partial charge in [-0.05, 0) is 50.3 Å². The van der Waals surface area contributed by atoms with Gasteiger partial charge < -0.3 is 19.7 Å². The summed E-state index contributed by atoms with van der Waals surface area (Å²) in [5.74, 6) is 0.937. The van der Waals surface area contributed by atoms with Crippen LogP contribution < -0.4 is 14.8 Å². The van der Waals surface area contributed by atoms with Crippen LogP contribution in [0.4, 0.5) is 5.69 Å². The Hall–Kier alpha value is -3.03. The third-order valence-electron chi connectivity index (χ3n) is 4.51. The van der Waals surface area contributed by atoms with Crippen LogP contribution in [0.25, 0.3) is 0 Å². The minimum absolute atomic E-state index is 0. The molecule has 0 bridgehead atoms. The van der Waals surface area contributed by atoms with Gasteiger partial charge in [0.25, 0.3) is 5.91 Å². The lowest BCUT2D eigenvalue weighted by Gasteiger charge is -2.09. The Kier molecular flexibility index (Phi) is 9.37. The highest BCUT2D eigenvalue weighted by Gasteiger charge is 2.17. The van der Waals surface area contributed by atoms with E-state index < -0.39 is 0 Å². The van der Waals surface area contributed by atoms with Crippen molar-refractivity contribution in [3.05, 3.63) is 71.9 Å². The summed E-state index contributed by atoms with van der Waals surface area (Å²) < 4.78 is 12.6. The molecule has 0 saturated carbocycles. The van der Waals surface area contributed by atoms with E-state index in [-0.39, 0.29) is 18.3 Å². The molecule has 8 heteroatoms. The highest BCUT2D eigenvalue weighted by Crippen LogP contribution is 2.19. The smallest absolute Gasteiger partial charge is 0.274 e. The number of amides is 1. The first kappa shape index (κ1) is 24.2. The zero-order valence-electron chi connectivity index (χ0n) is 18.1. The number of benzene rings is 2. The Bertz CT molecular complexity index is 943. The maximum absolute atomic E-state index is 12.9. The third-order valence-corrected chi connectivity index (χ3v) is 4.51. The maximum Gasteiger partial charge on any atom is 0.274 e. The maximum atomic E-state index is 12.9. The summed E-state index contributed by atoms with van der Waals surface area (Å²) in [5, 5.41) is 7.43. The molecule has 166 valence electrons. The number of halogens is 1. The first-order valence-corrected chi connectivity index (χ1v) is 9.90. The van der Waals surface area contributed by atoms with Crippen molar-refractivity contribution < 1.29 is 14.3 Å². The molecule has 0 atom stereocenters. The van der Waals surface area contributed by atoms with Gasteiger partial charge in [-0.3, -0.25) is 9.48 Å². The number of nitrogens with zero attached hydrogens (tertiary/aromatic N) is 3.